The maximum Gasteiger partial charge on any atom is 0.303 e. The Bertz CT molecular complexity index is 1350. The number of anilines is 2. The summed E-state index contributed by atoms with van der Waals surface area (Å²) in [5.74, 6) is -0.760. The van der Waals surface area contributed by atoms with Crippen molar-refractivity contribution >= 4 is 29.1 Å². The van der Waals surface area contributed by atoms with Crippen molar-refractivity contribution in [1.82, 2.24) is 0 Å². The maximum atomic E-state index is 13.2. The fourth-order valence-electron chi connectivity index (χ4n) is 4.06. The van der Waals surface area contributed by atoms with Gasteiger partial charge in [-0.3, -0.25) is 9.59 Å². The summed E-state index contributed by atoms with van der Waals surface area (Å²) >= 11 is 0. The summed E-state index contributed by atoms with van der Waals surface area (Å²) in [6.45, 7) is 5.72. The molecule has 0 heterocycles. The van der Waals surface area contributed by atoms with Crippen molar-refractivity contribution in [3.63, 3.8) is 0 Å². The highest BCUT2D eigenvalue weighted by atomic mass is 16.5. The molecule has 0 spiro atoms. The highest BCUT2D eigenvalue weighted by Crippen LogP contribution is 2.29. The minimum absolute atomic E-state index is 0.0343. The number of aliphatic carboxylic acids is 1. The van der Waals surface area contributed by atoms with E-state index in [0.29, 0.717) is 33.8 Å². The number of carbonyl (C=O) groups is 2. The lowest BCUT2D eigenvalue weighted by Gasteiger charge is -2.20. The van der Waals surface area contributed by atoms with Gasteiger partial charge < -0.3 is 36.5 Å². The van der Waals surface area contributed by atoms with E-state index >= 15 is 0 Å². The number of nitrogens with two attached hydrogens (primary N) is 1. The van der Waals surface area contributed by atoms with Gasteiger partial charge in [-0.15, -0.1) is 0 Å². The predicted molar refractivity (Wildman–Crippen MR) is 149 cm³/mol. The Morgan fingerprint density at radius 2 is 1.79 bits per heavy atom. The van der Waals surface area contributed by atoms with Crippen LogP contribution in [0.2, 0.25) is 0 Å². The first-order valence-electron chi connectivity index (χ1n) is 12.5. The molecule has 0 atom stereocenters. The zero-order valence-electron chi connectivity index (χ0n) is 22.2. The van der Waals surface area contributed by atoms with Crippen LogP contribution < -0.4 is 21.1 Å². The van der Waals surface area contributed by atoms with Gasteiger partial charge in [-0.2, -0.15) is 0 Å². The molecule has 0 aliphatic carbocycles. The molecule has 0 aliphatic rings. The SMILES string of the molecule is Cc1ccc(NCc2cc(CO)cc(OC(C)C)c2CCC(=O)O)c(C(=O)Nc2ccc(/C(N)=N/O)cc2)c1. The van der Waals surface area contributed by atoms with Crippen molar-refractivity contribution in [1.29, 1.82) is 0 Å². The summed E-state index contributed by atoms with van der Waals surface area (Å²) in [5.41, 5.74) is 10.7. The van der Waals surface area contributed by atoms with Crippen LogP contribution in [0.4, 0.5) is 11.4 Å². The van der Waals surface area contributed by atoms with Crippen molar-refractivity contribution in [2.24, 2.45) is 10.9 Å². The number of hydrogen-bond donors (Lipinski definition) is 6. The molecule has 0 radical (unpaired) electrons. The summed E-state index contributed by atoms with van der Waals surface area (Å²) in [6.07, 6.45) is 0.0346. The number of oxime groups is 1. The molecule has 39 heavy (non-hydrogen) atoms. The molecule has 0 saturated carbocycles. The number of rotatable bonds is 12. The molecule has 0 unspecified atom stereocenters. The number of benzene rings is 3. The number of nitrogens with one attached hydrogen (secondary N) is 2. The zero-order chi connectivity index (χ0) is 28.5. The average Bonchev–Trinajstić information content (AvgIpc) is 2.90. The number of amides is 1. The van der Waals surface area contributed by atoms with E-state index in [1.165, 1.54) is 0 Å². The predicted octanol–water partition coefficient (Wildman–Crippen LogP) is 4.25. The van der Waals surface area contributed by atoms with E-state index in [9.17, 15) is 19.8 Å². The number of carboxylic acid groups (broad SMARTS) is 1. The number of ether oxygens (including phenoxy) is 1. The maximum absolute atomic E-state index is 13.2. The van der Waals surface area contributed by atoms with Crippen LogP contribution in [0.3, 0.4) is 0 Å². The van der Waals surface area contributed by atoms with E-state index in [0.717, 1.165) is 16.7 Å². The third kappa shape index (κ3) is 7.96. The number of aryl methyl sites for hydroxylation is 1. The van der Waals surface area contributed by atoms with E-state index in [1.54, 1.807) is 36.4 Å². The first-order chi connectivity index (χ1) is 18.6. The fourth-order valence-corrected chi connectivity index (χ4v) is 4.06. The Kier molecular flexibility index (Phi) is 9.88. The van der Waals surface area contributed by atoms with Gasteiger partial charge in [0.1, 0.15) is 5.75 Å². The van der Waals surface area contributed by atoms with Gasteiger partial charge in [0.05, 0.1) is 18.3 Å². The summed E-state index contributed by atoms with van der Waals surface area (Å²) in [6, 6.07) is 15.6. The number of hydrogen-bond acceptors (Lipinski definition) is 7. The minimum Gasteiger partial charge on any atom is -0.491 e. The molecule has 1 amide bonds. The van der Waals surface area contributed by atoms with Crippen molar-refractivity contribution in [3.05, 3.63) is 88.0 Å². The minimum atomic E-state index is -0.924. The Hall–Kier alpha value is -4.57. The second-order valence-electron chi connectivity index (χ2n) is 9.37. The van der Waals surface area contributed by atoms with Gasteiger partial charge in [-0.25, -0.2) is 0 Å². The first-order valence-corrected chi connectivity index (χ1v) is 12.5. The van der Waals surface area contributed by atoms with E-state index in [-0.39, 0.29) is 43.8 Å². The second kappa shape index (κ2) is 13.3. The molecule has 0 bridgehead atoms. The quantitative estimate of drug-likeness (QED) is 0.0868. The molecule has 0 fully saturated rings. The van der Waals surface area contributed by atoms with E-state index in [1.807, 2.05) is 39.0 Å². The topological polar surface area (TPSA) is 166 Å². The number of carboxylic acids is 1. The van der Waals surface area contributed by atoms with Crippen LogP contribution in [0.25, 0.3) is 0 Å². The second-order valence-corrected chi connectivity index (χ2v) is 9.37. The van der Waals surface area contributed by atoms with Crippen LogP contribution in [-0.2, 0) is 24.4 Å². The number of aliphatic hydroxyl groups excluding tert-OH is 1. The van der Waals surface area contributed by atoms with Crippen molar-refractivity contribution in [3.8, 4) is 5.75 Å². The third-order valence-corrected chi connectivity index (χ3v) is 5.93. The number of nitrogens with zero attached hydrogens (tertiary/aromatic N) is 1. The lowest BCUT2D eigenvalue weighted by Crippen LogP contribution is -2.17. The molecule has 10 heteroatoms. The van der Waals surface area contributed by atoms with Crippen molar-refractivity contribution in [2.45, 2.75) is 52.9 Å². The fraction of sp³-hybridized carbons (Fsp3) is 0.276. The third-order valence-electron chi connectivity index (χ3n) is 5.93. The van der Waals surface area contributed by atoms with Crippen LogP contribution in [0, 0.1) is 6.92 Å². The van der Waals surface area contributed by atoms with Crippen LogP contribution in [0.15, 0.2) is 59.8 Å². The molecule has 3 rings (SSSR count). The molecular formula is C29H34N4O6. The Balaban J connectivity index is 1.89. The molecule has 0 aliphatic heterocycles. The molecule has 0 saturated heterocycles. The molecule has 206 valence electrons. The van der Waals surface area contributed by atoms with Crippen molar-refractivity contribution in [2.75, 3.05) is 10.6 Å². The van der Waals surface area contributed by atoms with Crippen LogP contribution in [-0.4, -0.2) is 39.2 Å². The summed E-state index contributed by atoms with van der Waals surface area (Å²) in [5, 5.41) is 37.1. The summed E-state index contributed by atoms with van der Waals surface area (Å²) in [7, 11) is 0. The highest BCUT2D eigenvalue weighted by molar-refractivity contribution is 6.08. The van der Waals surface area contributed by atoms with Gasteiger partial charge in [0, 0.05) is 29.9 Å². The number of aliphatic hydroxyl groups is 1. The smallest absolute Gasteiger partial charge is 0.303 e. The molecule has 10 nitrogen and oxygen atoms in total. The largest absolute Gasteiger partial charge is 0.491 e. The van der Waals surface area contributed by atoms with E-state index < -0.39 is 5.97 Å². The Morgan fingerprint density at radius 1 is 1.08 bits per heavy atom. The average molecular weight is 535 g/mol. The standard InChI is InChI=1S/C29H34N4O6/c1-17(2)39-26-14-19(16-34)13-21(23(26)9-11-27(35)36)15-31-25-10-4-18(3)12-24(25)29(37)32-22-7-5-20(6-8-22)28(30)33-38/h4-8,10,12-14,17,31,34,38H,9,11,15-16H2,1-3H3,(H2,30,33)(H,32,37)(H,35,36). The van der Waals surface area contributed by atoms with Crippen LogP contribution in [0.1, 0.15) is 58.4 Å². The summed E-state index contributed by atoms with van der Waals surface area (Å²) < 4.78 is 5.96. The van der Waals surface area contributed by atoms with Gasteiger partial charge in [0.2, 0.25) is 0 Å². The van der Waals surface area contributed by atoms with Gasteiger partial charge in [-0.05, 0) is 86.3 Å². The van der Waals surface area contributed by atoms with Gasteiger partial charge >= 0.3 is 5.97 Å². The van der Waals surface area contributed by atoms with Crippen LogP contribution in [0.5, 0.6) is 5.75 Å². The molecule has 0 aromatic heterocycles. The summed E-state index contributed by atoms with van der Waals surface area (Å²) in [4.78, 5) is 24.6. The lowest BCUT2D eigenvalue weighted by atomic mass is 9.98. The zero-order valence-corrected chi connectivity index (χ0v) is 22.2. The monoisotopic (exact) mass is 534 g/mol. The van der Waals surface area contributed by atoms with E-state index in [2.05, 4.69) is 15.8 Å². The van der Waals surface area contributed by atoms with Gasteiger partial charge in [0.25, 0.3) is 5.91 Å². The Labute approximate surface area is 227 Å². The van der Waals surface area contributed by atoms with Gasteiger partial charge in [-0.1, -0.05) is 22.9 Å². The first kappa shape index (κ1) is 29.0. The Morgan fingerprint density at radius 3 is 2.41 bits per heavy atom. The van der Waals surface area contributed by atoms with Crippen molar-refractivity contribution < 1.29 is 29.7 Å². The van der Waals surface area contributed by atoms with Gasteiger partial charge in [0.15, 0.2) is 5.84 Å². The van der Waals surface area contributed by atoms with Crippen LogP contribution >= 0.6 is 0 Å². The number of carbonyl (C=O) groups excluding carboxylic acids is 1. The highest BCUT2D eigenvalue weighted by Gasteiger charge is 2.17. The lowest BCUT2D eigenvalue weighted by molar-refractivity contribution is -0.136. The normalized spacial score (nSPS) is 11.4. The molecule has 7 N–H and O–H groups in total. The van der Waals surface area contributed by atoms with E-state index in [4.69, 9.17) is 15.7 Å². The molecule has 3 aromatic rings. The number of amidine groups is 1. The molecule has 3 aromatic carbocycles. The molecular weight excluding hydrogens is 500 g/mol.